The third-order valence-electron chi connectivity index (χ3n) is 4.53. The number of halogens is 1. The fourth-order valence-corrected chi connectivity index (χ4v) is 3.38. The topological polar surface area (TPSA) is 36.1 Å². The van der Waals surface area contributed by atoms with Crippen molar-refractivity contribution in [2.75, 3.05) is 6.54 Å². The fraction of sp³-hybridized carbons (Fsp3) is 0.211. The number of hydrogen-bond donors (Lipinski definition) is 1. The molecule has 116 valence electrons. The lowest BCUT2D eigenvalue weighted by atomic mass is 10.0. The van der Waals surface area contributed by atoms with E-state index in [-0.39, 0.29) is 17.8 Å². The average molecular weight is 308 g/mol. The molecule has 3 nitrogen and oxygen atoms in total. The van der Waals surface area contributed by atoms with E-state index < -0.39 is 0 Å². The SMILES string of the molecule is O=C(c1cc2ccccc2[nH]1)N1CCCC1c1ccc(F)cc1. The van der Waals surface area contributed by atoms with Gasteiger partial charge in [-0.15, -0.1) is 0 Å². The summed E-state index contributed by atoms with van der Waals surface area (Å²) in [6, 6.07) is 16.3. The number of rotatable bonds is 2. The highest BCUT2D eigenvalue weighted by Crippen LogP contribution is 2.33. The summed E-state index contributed by atoms with van der Waals surface area (Å²) >= 11 is 0. The van der Waals surface area contributed by atoms with Gasteiger partial charge in [-0.2, -0.15) is 0 Å². The molecular formula is C19H17FN2O. The number of likely N-dealkylation sites (tertiary alicyclic amines) is 1. The predicted octanol–water partition coefficient (Wildman–Crippen LogP) is 4.28. The predicted molar refractivity (Wildman–Crippen MR) is 87.7 cm³/mol. The number of amides is 1. The van der Waals surface area contributed by atoms with Crippen LogP contribution in [0.1, 0.15) is 34.9 Å². The second kappa shape index (κ2) is 5.54. The van der Waals surface area contributed by atoms with E-state index in [9.17, 15) is 9.18 Å². The van der Waals surface area contributed by atoms with Gasteiger partial charge in [0.05, 0.1) is 6.04 Å². The van der Waals surface area contributed by atoms with Crippen molar-refractivity contribution in [3.8, 4) is 0 Å². The molecule has 0 saturated carbocycles. The number of benzene rings is 2. The van der Waals surface area contributed by atoms with E-state index in [1.165, 1.54) is 12.1 Å². The average Bonchev–Trinajstić information content (AvgIpc) is 3.21. The second-order valence-electron chi connectivity index (χ2n) is 5.98. The molecule has 1 aliphatic heterocycles. The van der Waals surface area contributed by atoms with Crippen LogP contribution in [0.15, 0.2) is 54.6 Å². The largest absolute Gasteiger partial charge is 0.351 e. The van der Waals surface area contributed by atoms with Gasteiger partial charge in [0.1, 0.15) is 11.5 Å². The molecule has 2 aromatic carbocycles. The smallest absolute Gasteiger partial charge is 0.270 e. The van der Waals surface area contributed by atoms with Crippen LogP contribution >= 0.6 is 0 Å². The molecule has 1 atom stereocenters. The standard InChI is InChI=1S/C19H17FN2O/c20-15-9-7-13(8-10-15)18-6-3-11-22(18)19(23)17-12-14-4-1-2-5-16(14)21-17/h1-2,4-5,7-10,12,18,21H,3,6,11H2. The van der Waals surface area contributed by atoms with Crippen LogP contribution in [0.4, 0.5) is 4.39 Å². The number of aromatic nitrogens is 1. The summed E-state index contributed by atoms with van der Waals surface area (Å²) in [6.45, 7) is 0.732. The van der Waals surface area contributed by atoms with Crippen molar-refractivity contribution in [1.82, 2.24) is 9.88 Å². The van der Waals surface area contributed by atoms with Gasteiger partial charge in [0.25, 0.3) is 5.91 Å². The minimum absolute atomic E-state index is 0.00743. The zero-order valence-corrected chi connectivity index (χ0v) is 12.6. The van der Waals surface area contributed by atoms with E-state index in [0.717, 1.165) is 35.9 Å². The van der Waals surface area contributed by atoms with Crippen LogP contribution in [0.25, 0.3) is 10.9 Å². The van der Waals surface area contributed by atoms with Gasteiger partial charge in [-0.05, 0) is 42.7 Å². The third-order valence-corrected chi connectivity index (χ3v) is 4.53. The van der Waals surface area contributed by atoms with Crippen LogP contribution in [-0.2, 0) is 0 Å². The molecule has 1 amide bonds. The van der Waals surface area contributed by atoms with Gasteiger partial charge in [-0.25, -0.2) is 4.39 Å². The minimum atomic E-state index is -0.250. The second-order valence-corrected chi connectivity index (χ2v) is 5.98. The first-order chi connectivity index (χ1) is 11.2. The van der Waals surface area contributed by atoms with Crippen molar-refractivity contribution in [3.63, 3.8) is 0 Å². The molecule has 1 aliphatic rings. The number of fused-ring (bicyclic) bond motifs is 1. The van der Waals surface area contributed by atoms with E-state index in [2.05, 4.69) is 4.98 Å². The lowest BCUT2D eigenvalue weighted by Crippen LogP contribution is -2.30. The van der Waals surface area contributed by atoms with Gasteiger partial charge in [0.2, 0.25) is 0 Å². The molecule has 1 fully saturated rings. The highest BCUT2D eigenvalue weighted by Gasteiger charge is 2.31. The monoisotopic (exact) mass is 308 g/mol. The summed E-state index contributed by atoms with van der Waals surface area (Å²) in [6.07, 6.45) is 1.88. The molecule has 0 bridgehead atoms. The summed E-state index contributed by atoms with van der Waals surface area (Å²) in [5, 5.41) is 1.04. The van der Waals surface area contributed by atoms with E-state index in [1.807, 2.05) is 35.2 Å². The first-order valence-electron chi connectivity index (χ1n) is 7.86. The van der Waals surface area contributed by atoms with E-state index in [4.69, 9.17) is 0 Å². The highest BCUT2D eigenvalue weighted by molar-refractivity contribution is 5.98. The Labute approximate surface area is 133 Å². The normalized spacial score (nSPS) is 17.8. The first-order valence-corrected chi connectivity index (χ1v) is 7.86. The Morgan fingerprint density at radius 2 is 1.91 bits per heavy atom. The minimum Gasteiger partial charge on any atom is -0.351 e. The number of nitrogens with one attached hydrogen (secondary N) is 1. The number of carbonyl (C=O) groups is 1. The van der Waals surface area contributed by atoms with Gasteiger partial charge in [0.15, 0.2) is 0 Å². The molecule has 0 aliphatic carbocycles. The Morgan fingerprint density at radius 3 is 2.70 bits per heavy atom. The molecule has 4 heteroatoms. The Hall–Kier alpha value is -2.62. The molecule has 4 rings (SSSR count). The van der Waals surface area contributed by atoms with Gasteiger partial charge >= 0.3 is 0 Å². The van der Waals surface area contributed by atoms with Crippen molar-refractivity contribution in [2.45, 2.75) is 18.9 Å². The summed E-state index contributed by atoms with van der Waals surface area (Å²) in [5.41, 5.74) is 2.57. The maximum atomic E-state index is 13.1. The van der Waals surface area contributed by atoms with Crippen LogP contribution < -0.4 is 0 Å². The van der Waals surface area contributed by atoms with Crippen LogP contribution in [0, 0.1) is 5.82 Å². The Morgan fingerprint density at radius 1 is 1.13 bits per heavy atom. The van der Waals surface area contributed by atoms with E-state index >= 15 is 0 Å². The molecule has 1 aromatic heterocycles. The molecule has 1 saturated heterocycles. The number of carbonyl (C=O) groups excluding carboxylic acids is 1. The number of H-pyrrole nitrogens is 1. The summed E-state index contributed by atoms with van der Waals surface area (Å²) in [4.78, 5) is 18.0. The zero-order chi connectivity index (χ0) is 15.8. The molecule has 2 heterocycles. The molecule has 3 aromatic rings. The number of aromatic amines is 1. The summed E-state index contributed by atoms with van der Waals surface area (Å²) < 4.78 is 13.1. The van der Waals surface area contributed by atoms with Crippen molar-refractivity contribution in [2.24, 2.45) is 0 Å². The van der Waals surface area contributed by atoms with Crippen LogP contribution in [0.5, 0.6) is 0 Å². The molecule has 1 N–H and O–H groups in total. The van der Waals surface area contributed by atoms with Crippen molar-refractivity contribution < 1.29 is 9.18 Å². The van der Waals surface area contributed by atoms with Crippen molar-refractivity contribution in [1.29, 1.82) is 0 Å². The molecular weight excluding hydrogens is 291 g/mol. The van der Waals surface area contributed by atoms with Gasteiger partial charge < -0.3 is 9.88 Å². The maximum Gasteiger partial charge on any atom is 0.270 e. The fourth-order valence-electron chi connectivity index (χ4n) is 3.38. The third kappa shape index (κ3) is 2.50. The van der Waals surface area contributed by atoms with Crippen LogP contribution in [-0.4, -0.2) is 22.3 Å². The molecule has 0 radical (unpaired) electrons. The highest BCUT2D eigenvalue weighted by atomic mass is 19.1. The summed E-state index contributed by atoms with van der Waals surface area (Å²) in [7, 11) is 0. The van der Waals surface area contributed by atoms with Gasteiger partial charge in [-0.3, -0.25) is 4.79 Å². The maximum absolute atomic E-state index is 13.1. The van der Waals surface area contributed by atoms with E-state index in [1.54, 1.807) is 12.1 Å². The first kappa shape index (κ1) is 14.0. The van der Waals surface area contributed by atoms with Crippen molar-refractivity contribution >= 4 is 16.8 Å². The van der Waals surface area contributed by atoms with Gasteiger partial charge in [0, 0.05) is 17.4 Å². The van der Waals surface area contributed by atoms with Crippen LogP contribution in [0.2, 0.25) is 0 Å². The Balaban J connectivity index is 1.65. The number of nitrogens with zero attached hydrogens (tertiary/aromatic N) is 1. The molecule has 23 heavy (non-hydrogen) atoms. The van der Waals surface area contributed by atoms with Gasteiger partial charge in [-0.1, -0.05) is 30.3 Å². The quantitative estimate of drug-likeness (QED) is 0.753. The number of hydrogen-bond acceptors (Lipinski definition) is 1. The summed E-state index contributed by atoms with van der Waals surface area (Å²) in [5.74, 6) is -0.242. The number of para-hydroxylation sites is 1. The lowest BCUT2D eigenvalue weighted by molar-refractivity contribution is 0.0730. The Kier molecular flexibility index (Phi) is 3.37. The Bertz CT molecular complexity index is 820. The molecule has 0 spiro atoms. The van der Waals surface area contributed by atoms with E-state index in [0.29, 0.717) is 5.69 Å². The molecule has 1 unspecified atom stereocenters. The van der Waals surface area contributed by atoms with Crippen LogP contribution in [0.3, 0.4) is 0 Å². The van der Waals surface area contributed by atoms with Crippen molar-refractivity contribution in [3.05, 3.63) is 71.7 Å². The lowest BCUT2D eigenvalue weighted by Gasteiger charge is -2.24. The zero-order valence-electron chi connectivity index (χ0n) is 12.6.